The third-order valence-corrected chi connectivity index (χ3v) is 3.86. The van der Waals surface area contributed by atoms with Gasteiger partial charge in [-0.25, -0.2) is 0 Å². The molecule has 1 atom stereocenters. The topological polar surface area (TPSA) is 0 Å². The number of hydrogen-bond donors (Lipinski definition) is 0. The first-order chi connectivity index (χ1) is 10.2. The van der Waals surface area contributed by atoms with Crippen LogP contribution >= 0.6 is 0 Å². The summed E-state index contributed by atoms with van der Waals surface area (Å²) in [6, 6.07) is 0. The molecule has 0 spiro atoms. The lowest BCUT2D eigenvalue weighted by Crippen LogP contribution is -2.60. The minimum Gasteiger partial charge on any atom is -0.200 e. The molecule has 0 N–H and O–H groups in total. The van der Waals surface area contributed by atoms with Crippen LogP contribution in [0.1, 0.15) is 58.8 Å². The number of alkyl halides is 9. The molecule has 0 fully saturated rings. The predicted molar refractivity (Wildman–Crippen MR) is 68.1 cm³/mol. The summed E-state index contributed by atoms with van der Waals surface area (Å²) in [7, 11) is 0. The molecule has 0 radical (unpaired) electrons. The second kappa shape index (κ2) is 7.96. The van der Waals surface area contributed by atoms with Crippen molar-refractivity contribution >= 4 is 0 Å². The maximum atomic E-state index is 13.3. The van der Waals surface area contributed by atoms with Gasteiger partial charge in [-0.2, -0.15) is 39.5 Å². The van der Waals surface area contributed by atoms with Crippen molar-refractivity contribution in [2.24, 2.45) is 5.92 Å². The molecule has 0 aliphatic carbocycles. The Morgan fingerprint density at radius 1 is 0.696 bits per heavy atom. The van der Waals surface area contributed by atoms with Crippen molar-refractivity contribution in [3.8, 4) is 0 Å². The first-order valence-corrected chi connectivity index (χ1v) is 7.44. The predicted octanol–water partition coefficient (Wildman–Crippen LogP) is 6.84. The summed E-state index contributed by atoms with van der Waals surface area (Å²) in [5, 5.41) is 0. The summed E-state index contributed by atoms with van der Waals surface area (Å²) < 4.78 is 114. The van der Waals surface area contributed by atoms with E-state index in [1.165, 1.54) is 0 Å². The molecule has 0 saturated carbocycles. The summed E-state index contributed by atoms with van der Waals surface area (Å²) in [6.07, 6.45) is -5.99. The number of unbranched alkanes of at least 4 members (excludes halogenated alkanes) is 1. The van der Waals surface area contributed by atoms with Gasteiger partial charge in [0.25, 0.3) is 0 Å². The van der Waals surface area contributed by atoms with E-state index < -0.39 is 36.8 Å². The molecule has 23 heavy (non-hydrogen) atoms. The van der Waals surface area contributed by atoms with E-state index in [2.05, 4.69) is 0 Å². The van der Waals surface area contributed by atoms with Crippen LogP contribution in [-0.4, -0.2) is 23.9 Å². The second-order valence-corrected chi connectivity index (χ2v) is 5.66. The van der Waals surface area contributed by atoms with E-state index >= 15 is 0 Å². The molecule has 0 aliphatic rings. The average Bonchev–Trinajstić information content (AvgIpc) is 2.40. The van der Waals surface area contributed by atoms with Crippen LogP contribution in [0, 0.1) is 5.92 Å². The van der Waals surface area contributed by atoms with E-state index in [1.54, 1.807) is 6.92 Å². The minimum absolute atomic E-state index is 0.0394. The summed E-state index contributed by atoms with van der Waals surface area (Å²) in [6.45, 7) is 3.67. The summed E-state index contributed by atoms with van der Waals surface area (Å²) in [4.78, 5) is 0. The van der Waals surface area contributed by atoms with Crippen molar-refractivity contribution in [2.45, 2.75) is 82.7 Å². The maximum Gasteiger partial charge on any atom is 0.460 e. The van der Waals surface area contributed by atoms with E-state index in [9.17, 15) is 39.5 Å². The summed E-state index contributed by atoms with van der Waals surface area (Å²) in [5.74, 6) is -18.7. The quantitative estimate of drug-likeness (QED) is 0.374. The highest BCUT2D eigenvalue weighted by Gasteiger charge is 2.81. The highest BCUT2D eigenvalue weighted by atomic mass is 19.4. The zero-order valence-corrected chi connectivity index (χ0v) is 12.9. The fourth-order valence-electron chi connectivity index (χ4n) is 2.22. The van der Waals surface area contributed by atoms with Crippen LogP contribution in [0.3, 0.4) is 0 Å². The molecule has 0 aromatic rings. The van der Waals surface area contributed by atoms with E-state index in [-0.39, 0.29) is 12.3 Å². The molecule has 9 heteroatoms. The summed E-state index contributed by atoms with van der Waals surface area (Å²) in [5.41, 5.74) is 0. The Hall–Kier alpha value is -0.630. The molecule has 0 nitrogen and oxygen atoms in total. The van der Waals surface area contributed by atoms with Gasteiger partial charge in [-0.15, -0.1) is 0 Å². The monoisotopic (exact) mass is 360 g/mol. The van der Waals surface area contributed by atoms with Gasteiger partial charge in [0.05, 0.1) is 0 Å². The number of halogens is 9. The van der Waals surface area contributed by atoms with Gasteiger partial charge < -0.3 is 0 Å². The number of rotatable bonds is 10. The normalized spacial score (nSPS) is 15.8. The molecular formula is C14H21F9. The molecule has 140 valence electrons. The van der Waals surface area contributed by atoms with Gasteiger partial charge in [-0.05, 0) is 12.3 Å². The van der Waals surface area contributed by atoms with Crippen LogP contribution in [0.15, 0.2) is 0 Å². The Labute approximate surface area is 129 Å². The Morgan fingerprint density at radius 3 is 1.57 bits per heavy atom. The lowest BCUT2D eigenvalue weighted by Gasteiger charge is -2.33. The van der Waals surface area contributed by atoms with Crippen LogP contribution in [0.25, 0.3) is 0 Å². The van der Waals surface area contributed by atoms with Gasteiger partial charge in [0.2, 0.25) is 0 Å². The van der Waals surface area contributed by atoms with Crippen molar-refractivity contribution in [1.82, 2.24) is 0 Å². The third kappa shape index (κ3) is 5.17. The van der Waals surface area contributed by atoms with Gasteiger partial charge in [0, 0.05) is 6.42 Å². The molecular weight excluding hydrogens is 339 g/mol. The maximum absolute atomic E-state index is 13.3. The molecule has 0 saturated heterocycles. The SMILES string of the molecule is CCCCC(CC)CCCC(F)(F)C(F)(F)C(F)(F)C(F)(F)F. The van der Waals surface area contributed by atoms with Crippen molar-refractivity contribution < 1.29 is 39.5 Å². The first kappa shape index (κ1) is 22.4. The number of hydrogen-bond acceptors (Lipinski definition) is 0. The molecule has 1 unspecified atom stereocenters. The smallest absolute Gasteiger partial charge is 0.200 e. The standard InChI is InChI=1S/C14H21F9/c1-3-5-7-10(4-2)8-6-9-11(15,16)12(17,18)13(19,20)14(21,22)23/h10H,3-9H2,1-2H3. The zero-order chi connectivity index (χ0) is 18.5. The fourth-order valence-corrected chi connectivity index (χ4v) is 2.22. The van der Waals surface area contributed by atoms with Crippen LogP contribution in [0.5, 0.6) is 0 Å². The fraction of sp³-hybridized carbons (Fsp3) is 1.00. The van der Waals surface area contributed by atoms with Crippen LogP contribution in [-0.2, 0) is 0 Å². The summed E-state index contributed by atoms with van der Waals surface area (Å²) >= 11 is 0. The van der Waals surface area contributed by atoms with Crippen molar-refractivity contribution in [3.63, 3.8) is 0 Å². The molecule has 0 amide bonds. The van der Waals surface area contributed by atoms with Gasteiger partial charge in [0.1, 0.15) is 0 Å². The zero-order valence-electron chi connectivity index (χ0n) is 12.9. The highest BCUT2D eigenvalue weighted by Crippen LogP contribution is 2.54. The molecule has 0 aliphatic heterocycles. The van der Waals surface area contributed by atoms with E-state index in [4.69, 9.17) is 0 Å². The second-order valence-electron chi connectivity index (χ2n) is 5.66. The highest BCUT2D eigenvalue weighted by molar-refractivity contribution is 5.00. The van der Waals surface area contributed by atoms with Crippen molar-refractivity contribution in [3.05, 3.63) is 0 Å². The Morgan fingerprint density at radius 2 is 1.17 bits per heavy atom. The largest absolute Gasteiger partial charge is 0.460 e. The van der Waals surface area contributed by atoms with Gasteiger partial charge >= 0.3 is 23.9 Å². The van der Waals surface area contributed by atoms with Gasteiger partial charge in [0.15, 0.2) is 0 Å². The third-order valence-electron chi connectivity index (χ3n) is 3.86. The van der Waals surface area contributed by atoms with Crippen molar-refractivity contribution in [1.29, 1.82) is 0 Å². The Bertz CT molecular complexity index is 347. The van der Waals surface area contributed by atoms with E-state index in [0.717, 1.165) is 12.8 Å². The van der Waals surface area contributed by atoms with Crippen LogP contribution in [0.4, 0.5) is 39.5 Å². The molecule has 0 aromatic heterocycles. The lowest BCUT2D eigenvalue weighted by atomic mass is 9.91. The van der Waals surface area contributed by atoms with Crippen LogP contribution in [0.2, 0.25) is 0 Å². The van der Waals surface area contributed by atoms with E-state index in [1.807, 2.05) is 6.92 Å². The van der Waals surface area contributed by atoms with E-state index in [0.29, 0.717) is 12.8 Å². The lowest BCUT2D eigenvalue weighted by molar-refractivity contribution is -0.396. The first-order valence-electron chi connectivity index (χ1n) is 7.44. The molecule has 0 heterocycles. The minimum atomic E-state index is -6.78. The van der Waals surface area contributed by atoms with Crippen LogP contribution < -0.4 is 0 Å². The van der Waals surface area contributed by atoms with Gasteiger partial charge in [-0.1, -0.05) is 46.0 Å². The Balaban J connectivity index is 4.85. The average molecular weight is 360 g/mol. The van der Waals surface area contributed by atoms with Crippen molar-refractivity contribution in [2.75, 3.05) is 0 Å². The molecule has 0 aromatic carbocycles. The molecule has 0 rings (SSSR count). The molecule has 0 bridgehead atoms. The van der Waals surface area contributed by atoms with Gasteiger partial charge in [-0.3, -0.25) is 0 Å². The Kier molecular flexibility index (Phi) is 7.74.